The molecule has 1 saturated heterocycles. The van der Waals surface area contributed by atoms with Crippen molar-refractivity contribution in [1.82, 2.24) is 0 Å². The number of epoxide rings is 1. The Morgan fingerprint density at radius 3 is 2.58 bits per heavy atom. The third-order valence-corrected chi connectivity index (χ3v) is 2.02. The zero-order valence-electron chi connectivity index (χ0n) is 7.36. The van der Waals surface area contributed by atoms with E-state index in [1.54, 1.807) is 6.08 Å². The van der Waals surface area contributed by atoms with Crippen molar-refractivity contribution in [1.29, 1.82) is 0 Å². The van der Waals surface area contributed by atoms with Crippen molar-refractivity contribution in [3.05, 3.63) is 12.2 Å². The molecule has 0 aromatic carbocycles. The van der Waals surface area contributed by atoms with Gasteiger partial charge >= 0.3 is 5.97 Å². The summed E-state index contributed by atoms with van der Waals surface area (Å²) in [5, 5.41) is 8.42. The lowest BCUT2D eigenvalue weighted by atomic mass is 9.92. The first-order valence-electron chi connectivity index (χ1n) is 4.14. The van der Waals surface area contributed by atoms with Gasteiger partial charge in [0.25, 0.3) is 0 Å². The summed E-state index contributed by atoms with van der Waals surface area (Å²) in [6, 6.07) is 0. The van der Waals surface area contributed by atoms with Crippen LogP contribution in [0.3, 0.4) is 0 Å². The summed E-state index contributed by atoms with van der Waals surface area (Å²) in [6.07, 6.45) is 3.18. The van der Waals surface area contributed by atoms with Crippen molar-refractivity contribution in [2.24, 2.45) is 11.8 Å². The van der Waals surface area contributed by atoms with Crippen LogP contribution in [0.15, 0.2) is 12.2 Å². The molecule has 1 aliphatic rings. The average molecular weight is 170 g/mol. The van der Waals surface area contributed by atoms with Crippen LogP contribution in [0.2, 0.25) is 0 Å². The standard InChI is InChI=1S/C9H14O3/c1-6(2)7(8-5-12-8)3-4-9(10)11/h3-4,6-8H,5H2,1-2H3,(H,10,11)/b4-3+/t7?,8-/m0/s1. The normalized spacial score (nSPS) is 24.8. The molecule has 68 valence electrons. The van der Waals surface area contributed by atoms with Crippen LogP contribution < -0.4 is 0 Å². The third kappa shape index (κ3) is 2.66. The molecule has 2 atom stereocenters. The van der Waals surface area contributed by atoms with E-state index in [4.69, 9.17) is 9.84 Å². The SMILES string of the molecule is CC(C)C(/C=C/C(=O)O)[C@@H]1CO1. The Bertz CT molecular complexity index is 190. The molecule has 1 fully saturated rings. The molecule has 0 amide bonds. The second-order valence-corrected chi connectivity index (χ2v) is 3.39. The van der Waals surface area contributed by atoms with Crippen LogP contribution >= 0.6 is 0 Å². The minimum absolute atomic E-state index is 0.251. The van der Waals surface area contributed by atoms with Crippen LogP contribution in [0.1, 0.15) is 13.8 Å². The van der Waals surface area contributed by atoms with Gasteiger partial charge in [-0.05, 0) is 5.92 Å². The fraction of sp³-hybridized carbons (Fsp3) is 0.667. The van der Waals surface area contributed by atoms with Gasteiger partial charge in [0, 0.05) is 12.0 Å². The van der Waals surface area contributed by atoms with Gasteiger partial charge in [-0.2, -0.15) is 0 Å². The summed E-state index contributed by atoms with van der Waals surface area (Å²) < 4.78 is 5.12. The number of hydrogen-bond acceptors (Lipinski definition) is 2. The molecule has 3 nitrogen and oxygen atoms in total. The van der Waals surface area contributed by atoms with Crippen molar-refractivity contribution in [3.8, 4) is 0 Å². The molecule has 0 spiro atoms. The number of carboxylic acids is 1. The molecule has 0 aromatic heterocycles. The van der Waals surface area contributed by atoms with Gasteiger partial charge in [-0.3, -0.25) is 0 Å². The van der Waals surface area contributed by atoms with Gasteiger partial charge in [0.15, 0.2) is 0 Å². The maximum Gasteiger partial charge on any atom is 0.327 e. The van der Waals surface area contributed by atoms with E-state index in [0.717, 1.165) is 6.61 Å². The lowest BCUT2D eigenvalue weighted by molar-refractivity contribution is -0.131. The lowest BCUT2D eigenvalue weighted by Gasteiger charge is -2.12. The molecule has 12 heavy (non-hydrogen) atoms. The molecule has 0 saturated carbocycles. The number of carbonyl (C=O) groups is 1. The highest BCUT2D eigenvalue weighted by Crippen LogP contribution is 2.27. The van der Waals surface area contributed by atoms with Crippen LogP contribution in [0.5, 0.6) is 0 Å². The first-order valence-corrected chi connectivity index (χ1v) is 4.14. The molecule has 0 bridgehead atoms. The van der Waals surface area contributed by atoms with Crippen molar-refractivity contribution in [2.45, 2.75) is 20.0 Å². The Morgan fingerprint density at radius 2 is 2.25 bits per heavy atom. The average Bonchev–Trinajstić information content (AvgIpc) is 2.69. The highest BCUT2D eigenvalue weighted by atomic mass is 16.6. The summed E-state index contributed by atoms with van der Waals surface area (Å²) in [6.45, 7) is 4.91. The Balaban J connectivity index is 2.48. The van der Waals surface area contributed by atoms with E-state index < -0.39 is 5.97 Å². The Hall–Kier alpha value is -0.830. The van der Waals surface area contributed by atoms with E-state index in [9.17, 15) is 4.79 Å². The topological polar surface area (TPSA) is 49.8 Å². The minimum Gasteiger partial charge on any atom is -0.478 e. The van der Waals surface area contributed by atoms with Crippen LogP contribution in [-0.2, 0) is 9.53 Å². The molecule has 1 N–H and O–H groups in total. The summed E-state index contributed by atoms with van der Waals surface area (Å²) in [4.78, 5) is 10.2. The van der Waals surface area contributed by atoms with E-state index in [1.165, 1.54) is 6.08 Å². The van der Waals surface area contributed by atoms with Crippen LogP contribution in [0, 0.1) is 11.8 Å². The number of rotatable bonds is 4. The maximum absolute atomic E-state index is 10.2. The van der Waals surface area contributed by atoms with E-state index in [-0.39, 0.29) is 12.0 Å². The highest BCUT2D eigenvalue weighted by Gasteiger charge is 2.32. The fourth-order valence-electron chi connectivity index (χ4n) is 1.25. The predicted octanol–water partition coefficient (Wildman–Crippen LogP) is 1.30. The molecule has 0 radical (unpaired) electrons. The summed E-state index contributed by atoms with van der Waals surface area (Å²) in [7, 11) is 0. The van der Waals surface area contributed by atoms with Crippen molar-refractivity contribution in [2.75, 3.05) is 6.61 Å². The zero-order chi connectivity index (χ0) is 9.14. The van der Waals surface area contributed by atoms with Crippen molar-refractivity contribution in [3.63, 3.8) is 0 Å². The smallest absolute Gasteiger partial charge is 0.327 e. The summed E-state index contributed by atoms with van der Waals surface area (Å²) in [5.41, 5.74) is 0. The summed E-state index contributed by atoms with van der Waals surface area (Å²) in [5.74, 6) is -0.199. The lowest BCUT2D eigenvalue weighted by Crippen LogP contribution is -2.13. The quantitative estimate of drug-likeness (QED) is 0.511. The van der Waals surface area contributed by atoms with Gasteiger partial charge in [-0.25, -0.2) is 4.79 Å². The van der Waals surface area contributed by atoms with Gasteiger partial charge in [0.05, 0.1) is 12.7 Å². The zero-order valence-corrected chi connectivity index (χ0v) is 7.36. The van der Waals surface area contributed by atoms with Gasteiger partial charge in [-0.15, -0.1) is 0 Å². The van der Waals surface area contributed by atoms with Crippen LogP contribution in [-0.4, -0.2) is 23.8 Å². The Kier molecular flexibility index (Phi) is 2.87. The number of aliphatic carboxylic acids is 1. The molecule has 1 aliphatic heterocycles. The highest BCUT2D eigenvalue weighted by molar-refractivity contribution is 5.79. The largest absolute Gasteiger partial charge is 0.478 e. The van der Waals surface area contributed by atoms with Gasteiger partial charge in [0.1, 0.15) is 0 Å². The molecule has 1 rings (SSSR count). The Morgan fingerprint density at radius 1 is 1.67 bits per heavy atom. The van der Waals surface area contributed by atoms with Crippen LogP contribution in [0.25, 0.3) is 0 Å². The van der Waals surface area contributed by atoms with Crippen molar-refractivity contribution < 1.29 is 14.6 Å². The molecule has 1 heterocycles. The number of carboxylic acid groups (broad SMARTS) is 1. The molecule has 0 aromatic rings. The molecule has 1 unspecified atom stereocenters. The second kappa shape index (κ2) is 3.72. The van der Waals surface area contributed by atoms with E-state index in [1.807, 2.05) is 0 Å². The van der Waals surface area contributed by atoms with E-state index in [2.05, 4.69) is 13.8 Å². The van der Waals surface area contributed by atoms with Gasteiger partial charge in [-0.1, -0.05) is 19.9 Å². The van der Waals surface area contributed by atoms with Crippen LogP contribution in [0.4, 0.5) is 0 Å². The summed E-state index contributed by atoms with van der Waals surface area (Å²) >= 11 is 0. The maximum atomic E-state index is 10.2. The predicted molar refractivity (Wildman–Crippen MR) is 44.8 cm³/mol. The third-order valence-electron chi connectivity index (χ3n) is 2.02. The van der Waals surface area contributed by atoms with Gasteiger partial charge in [0.2, 0.25) is 0 Å². The number of hydrogen-bond donors (Lipinski definition) is 1. The molecule has 0 aliphatic carbocycles. The fourth-order valence-corrected chi connectivity index (χ4v) is 1.25. The molecular formula is C9H14O3. The Labute approximate surface area is 72.0 Å². The number of ether oxygens (including phenoxy) is 1. The van der Waals surface area contributed by atoms with Gasteiger partial charge < -0.3 is 9.84 Å². The monoisotopic (exact) mass is 170 g/mol. The first kappa shape index (κ1) is 9.26. The first-order chi connectivity index (χ1) is 5.61. The molecular weight excluding hydrogens is 156 g/mol. The second-order valence-electron chi connectivity index (χ2n) is 3.39. The molecule has 3 heteroatoms. The minimum atomic E-state index is -0.888. The van der Waals surface area contributed by atoms with E-state index in [0.29, 0.717) is 5.92 Å². The van der Waals surface area contributed by atoms with E-state index >= 15 is 0 Å². The van der Waals surface area contributed by atoms with Crippen molar-refractivity contribution >= 4 is 5.97 Å².